The molecular formula is C7H10BrN. The van der Waals surface area contributed by atoms with Gasteiger partial charge in [-0.2, -0.15) is 0 Å². The maximum Gasteiger partial charge on any atom is 0.0488 e. The van der Waals surface area contributed by atoms with E-state index in [1.165, 1.54) is 10.1 Å². The normalized spacial score (nSPS) is 19.2. The number of rotatable bonds is 0. The molecule has 1 heterocycles. The predicted octanol–water partition coefficient (Wildman–Crippen LogP) is 2.11. The van der Waals surface area contributed by atoms with Crippen LogP contribution in [0.15, 0.2) is 22.3 Å². The highest BCUT2D eigenvalue weighted by molar-refractivity contribution is 9.11. The van der Waals surface area contributed by atoms with E-state index in [1.54, 1.807) is 0 Å². The van der Waals surface area contributed by atoms with Gasteiger partial charge in [0.05, 0.1) is 0 Å². The first-order valence-corrected chi connectivity index (χ1v) is 3.73. The minimum absolute atomic E-state index is 1.00. The van der Waals surface area contributed by atoms with E-state index in [4.69, 9.17) is 0 Å². The fourth-order valence-electron chi connectivity index (χ4n) is 0.726. The van der Waals surface area contributed by atoms with Crippen LogP contribution in [0.25, 0.3) is 0 Å². The van der Waals surface area contributed by atoms with Crippen LogP contribution in [0.5, 0.6) is 0 Å². The van der Waals surface area contributed by atoms with Crippen molar-refractivity contribution >= 4 is 15.9 Å². The molecule has 9 heavy (non-hydrogen) atoms. The number of nitrogens with zero attached hydrogens (tertiary/aromatic N) is 1. The van der Waals surface area contributed by atoms with Gasteiger partial charge in [0.2, 0.25) is 0 Å². The van der Waals surface area contributed by atoms with Gasteiger partial charge in [0, 0.05) is 18.1 Å². The molecule has 50 valence electrons. The SMILES string of the molecule is CC1=C(Br)CN(C)C=C1. The topological polar surface area (TPSA) is 3.24 Å². The van der Waals surface area contributed by atoms with Gasteiger partial charge in [-0.15, -0.1) is 0 Å². The van der Waals surface area contributed by atoms with Crippen LogP contribution < -0.4 is 0 Å². The zero-order valence-corrected chi connectivity index (χ0v) is 7.27. The fraction of sp³-hybridized carbons (Fsp3) is 0.429. The Balaban J connectivity index is 2.75. The standard InChI is InChI=1S/C7H10BrN/c1-6-3-4-9(2)5-7(6)8/h3-4H,5H2,1-2H3. The van der Waals surface area contributed by atoms with Crippen LogP contribution in [-0.2, 0) is 0 Å². The lowest BCUT2D eigenvalue weighted by Gasteiger charge is -2.18. The van der Waals surface area contributed by atoms with Gasteiger partial charge in [-0.3, -0.25) is 0 Å². The summed E-state index contributed by atoms with van der Waals surface area (Å²) in [6.45, 7) is 3.11. The molecule has 0 bridgehead atoms. The largest absolute Gasteiger partial charge is 0.376 e. The van der Waals surface area contributed by atoms with Crippen molar-refractivity contribution in [3.05, 3.63) is 22.3 Å². The Morgan fingerprint density at radius 1 is 1.67 bits per heavy atom. The molecule has 0 saturated carbocycles. The maximum absolute atomic E-state index is 3.48. The molecule has 1 rings (SSSR count). The average molecular weight is 188 g/mol. The molecule has 0 atom stereocenters. The monoisotopic (exact) mass is 187 g/mol. The van der Waals surface area contributed by atoms with Gasteiger partial charge in [0.15, 0.2) is 0 Å². The Kier molecular flexibility index (Phi) is 1.96. The molecule has 0 N–H and O–H groups in total. The minimum atomic E-state index is 1.00. The average Bonchev–Trinajstić information content (AvgIpc) is 1.80. The van der Waals surface area contributed by atoms with Crippen LogP contribution >= 0.6 is 15.9 Å². The van der Waals surface area contributed by atoms with Crippen LogP contribution in [0.3, 0.4) is 0 Å². The summed E-state index contributed by atoms with van der Waals surface area (Å²) in [6, 6.07) is 0. The summed E-state index contributed by atoms with van der Waals surface area (Å²) in [5.74, 6) is 0. The molecule has 1 aliphatic rings. The van der Waals surface area contributed by atoms with Gasteiger partial charge in [0.25, 0.3) is 0 Å². The van der Waals surface area contributed by atoms with Crippen LogP contribution in [0, 0.1) is 0 Å². The van der Waals surface area contributed by atoms with Gasteiger partial charge in [0.1, 0.15) is 0 Å². The predicted molar refractivity (Wildman–Crippen MR) is 43.4 cm³/mol. The summed E-state index contributed by atoms with van der Waals surface area (Å²) >= 11 is 3.48. The van der Waals surface area contributed by atoms with Gasteiger partial charge in [-0.1, -0.05) is 15.9 Å². The van der Waals surface area contributed by atoms with E-state index in [9.17, 15) is 0 Å². The van der Waals surface area contributed by atoms with Gasteiger partial charge in [-0.25, -0.2) is 0 Å². The summed E-state index contributed by atoms with van der Waals surface area (Å²) in [6.07, 6.45) is 4.19. The van der Waals surface area contributed by atoms with Gasteiger partial charge in [-0.05, 0) is 24.8 Å². The van der Waals surface area contributed by atoms with Crippen molar-refractivity contribution in [1.82, 2.24) is 4.90 Å². The Hall–Kier alpha value is -0.240. The highest BCUT2D eigenvalue weighted by Crippen LogP contribution is 2.17. The Bertz CT molecular complexity index is 170. The minimum Gasteiger partial charge on any atom is -0.376 e. The molecule has 0 radical (unpaired) electrons. The third-order valence-electron chi connectivity index (χ3n) is 1.40. The van der Waals surface area contributed by atoms with E-state index in [-0.39, 0.29) is 0 Å². The van der Waals surface area contributed by atoms with Crippen molar-refractivity contribution < 1.29 is 0 Å². The number of allylic oxidation sites excluding steroid dienone is 2. The molecule has 0 amide bonds. The van der Waals surface area contributed by atoms with Crippen LogP contribution in [-0.4, -0.2) is 18.5 Å². The second-order valence-electron chi connectivity index (χ2n) is 2.32. The molecule has 0 aromatic carbocycles. The van der Waals surface area contributed by atoms with Gasteiger partial charge >= 0.3 is 0 Å². The summed E-state index contributed by atoms with van der Waals surface area (Å²) < 4.78 is 1.28. The second kappa shape index (κ2) is 2.56. The summed E-state index contributed by atoms with van der Waals surface area (Å²) in [5, 5.41) is 0. The molecule has 0 aliphatic carbocycles. The lowest BCUT2D eigenvalue weighted by atomic mass is 10.2. The molecular weight excluding hydrogens is 178 g/mol. The molecule has 0 spiro atoms. The molecule has 0 fully saturated rings. The lowest BCUT2D eigenvalue weighted by Crippen LogP contribution is -2.15. The molecule has 0 aromatic rings. The van der Waals surface area contributed by atoms with E-state index < -0.39 is 0 Å². The van der Waals surface area contributed by atoms with Crippen molar-refractivity contribution in [2.24, 2.45) is 0 Å². The Labute approximate surface area is 64.2 Å². The summed E-state index contributed by atoms with van der Waals surface area (Å²) in [4.78, 5) is 2.14. The van der Waals surface area contributed by atoms with Gasteiger partial charge < -0.3 is 4.90 Å². The highest BCUT2D eigenvalue weighted by Gasteiger charge is 2.02. The molecule has 0 unspecified atom stereocenters. The first-order chi connectivity index (χ1) is 4.20. The molecule has 1 aliphatic heterocycles. The molecule has 0 aromatic heterocycles. The highest BCUT2D eigenvalue weighted by atomic mass is 79.9. The lowest BCUT2D eigenvalue weighted by molar-refractivity contribution is 0.499. The van der Waals surface area contributed by atoms with E-state index in [2.05, 4.69) is 47.1 Å². The van der Waals surface area contributed by atoms with Crippen molar-refractivity contribution in [3.8, 4) is 0 Å². The van der Waals surface area contributed by atoms with Crippen LogP contribution in [0.1, 0.15) is 6.92 Å². The van der Waals surface area contributed by atoms with Crippen molar-refractivity contribution in [2.45, 2.75) is 6.92 Å². The third kappa shape index (κ3) is 1.58. The van der Waals surface area contributed by atoms with Crippen LogP contribution in [0.2, 0.25) is 0 Å². The molecule has 1 nitrogen and oxygen atoms in total. The second-order valence-corrected chi connectivity index (χ2v) is 3.28. The maximum atomic E-state index is 3.48. The summed E-state index contributed by atoms with van der Waals surface area (Å²) in [7, 11) is 2.06. The van der Waals surface area contributed by atoms with E-state index in [1.807, 2.05) is 0 Å². The molecule has 0 saturated heterocycles. The van der Waals surface area contributed by atoms with Crippen molar-refractivity contribution in [2.75, 3.05) is 13.6 Å². The number of likely N-dealkylation sites (N-methyl/N-ethyl adjacent to an activating group) is 1. The van der Waals surface area contributed by atoms with Crippen molar-refractivity contribution in [3.63, 3.8) is 0 Å². The third-order valence-corrected chi connectivity index (χ3v) is 2.27. The Morgan fingerprint density at radius 2 is 2.33 bits per heavy atom. The van der Waals surface area contributed by atoms with Crippen molar-refractivity contribution in [1.29, 1.82) is 0 Å². The number of halogens is 1. The van der Waals surface area contributed by atoms with E-state index in [0.717, 1.165) is 6.54 Å². The molecule has 2 heteroatoms. The number of hydrogen-bond donors (Lipinski definition) is 0. The van der Waals surface area contributed by atoms with Crippen LogP contribution in [0.4, 0.5) is 0 Å². The zero-order chi connectivity index (χ0) is 6.85. The smallest absolute Gasteiger partial charge is 0.0488 e. The first-order valence-electron chi connectivity index (χ1n) is 2.94. The zero-order valence-electron chi connectivity index (χ0n) is 5.69. The van der Waals surface area contributed by atoms with E-state index >= 15 is 0 Å². The fourth-order valence-corrected chi connectivity index (χ4v) is 1.25. The van der Waals surface area contributed by atoms with E-state index in [0.29, 0.717) is 0 Å². The summed E-state index contributed by atoms with van der Waals surface area (Å²) in [5.41, 5.74) is 1.33. The quantitative estimate of drug-likeness (QED) is 0.562. The number of hydrogen-bond acceptors (Lipinski definition) is 1. The first kappa shape index (κ1) is 6.87. The Morgan fingerprint density at radius 3 is 2.78 bits per heavy atom.